The zero-order valence-electron chi connectivity index (χ0n) is 10.1. The molecule has 2 unspecified atom stereocenters. The second kappa shape index (κ2) is 4.75. The molecule has 16 heavy (non-hydrogen) atoms. The number of likely N-dealkylation sites (N-methyl/N-ethyl adjacent to an activating group) is 1. The molecule has 1 amide bonds. The zero-order chi connectivity index (χ0) is 11.7. The minimum absolute atomic E-state index is 0.0639. The summed E-state index contributed by atoms with van der Waals surface area (Å²) in [6.45, 7) is 5.14. The van der Waals surface area contributed by atoms with Crippen LogP contribution in [0.5, 0.6) is 0 Å². The van der Waals surface area contributed by atoms with Crippen molar-refractivity contribution in [2.45, 2.75) is 25.9 Å². The van der Waals surface area contributed by atoms with Crippen LogP contribution in [0.25, 0.3) is 0 Å². The molecule has 5 heteroatoms. The molecule has 0 aromatic rings. The lowest BCUT2D eigenvalue weighted by molar-refractivity contribution is -0.120. The Labute approximate surface area is 101 Å². The molecule has 1 N–H and O–H groups in total. The number of nitrogens with zero attached hydrogens (tertiary/aromatic N) is 2. The van der Waals surface area contributed by atoms with Gasteiger partial charge in [0.15, 0.2) is 0 Å². The van der Waals surface area contributed by atoms with E-state index in [0.29, 0.717) is 0 Å². The van der Waals surface area contributed by atoms with Crippen LogP contribution in [-0.2, 0) is 4.79 Å². The van der Waals surface area contributed by atoms with E-state index in [0.717, 1.165) is 18.1 Å². The molecule has 2 aliphatic rings. The van der Waals surface area contributed by atoms with Crippen LogP contribution in [0, 0.1) is 5.92 Å². The third-order valence-corrected chi connectivity index (χ3v) is 4.16. The van der Waals surface area contributed by atoms with E-state index in [1.807, 2.05) is 25.6 Å². The summed E-state index contributed by atoms with van der Waals surface area (Å²) in [5.41, 5.74) is 0. The van der Waals surface area contributed by atoms with Crippen molar-refractivity contribution >= 4 is 23.5 Å². The number of amides is 1. The molecule has 0 bridgehead atoms. The Bertz CT molecular complexity index is 316. The Kier molecular flexibility index (Phi) is 3.54. The topological polar surface area (TPSA) is 44.7 Å². The van der Waals surface area contributed by atoms with E-state index < -0.39 is 0 Å². The highest BCUT2D eigenvalue weighted by atomic mass is 32.2. The molecule has 0 saturated carbocycles. The normalized spacial score (nSPS) is 31.8. The molecule has 1 saturated heterocycles. The smallest absolute Gasteiger partial charge is 0.250 e. The fourth-order valence-electron chi connectivity index (χ4n) is 2.04. The van der Waals surface area contributed by atoms with Gasteiger partial charge in [0, 0.05) is 18.1 Å². The number of carbonyl (C=O) groups excluding carboxylic acids is 1. The molecular formula is C11H19N3OS. The van der Waals surface area contributed by atoms with Gasteiger partial charge in [0.05, 0.1) is 6.04 Å². The van der Waals surface area contributed by atoms with Gasteiger partial charge in [0.1, 0.15) is 11.9 Å². The van der Waals surface area contributed by atoms with Crippen LogP contribution < -0.4 is 5.32 Å². The maximum Gasteiger partial charge on any atom is 0.250 e. The lowest BCUT2D eigenvalue weighted by atomic mass is 10.1. The van der Waals surface area contributed by atoms with Crippen molar-refractivity contribution in [3.8, 4) is 0 Å². The summed E-state index contributed by atoms with van der Waals surface area (Å²) in [6, 6.07) is 0.0989. The Morgan fingerprint density at radius 2 is 2.31 bits per heavy atom. The fourth-order valence-corrected chi connectivity index (χ4v) is 3.26. The molecule has 2 atom stereocenters. The van der Waals surface area contributed by atoms with Gasteiger partial charge in [0.2, 0.25) is 5.91 Å². The average molecular weight is 241 g/mol. The number of amidine groups is 1. The second-order valence-electron chi connectivity index (χ2n) is 4.76. The largest absolute Gasteiger partial charge is 0.311 e. The zero-order valence-corrected chi connectivity index (χ0v) is 10.9. The third kappa shape index (κ3) is 2.25. The number of rotatable bonds is 2. The molecule has 2 heterocycles. The number of aliphatic imine (C=N–C) groups is 1. The fraction of sp³-hybridized carbons (Fsp3) is 0.818. The summed E-state index contributed by atoms with van der Waals surface area (Å²) in [6.07, 6.45) is 0. The van der Waals surface area contributed by atoms with Gasteiger partial charge in [-0.1, -0.05) is 13.8 Å². The van der Waals surface area contributed by atoms with Gasteiger partial charge >= 0.3 is 0 Å². The highest BCUT2D eigenvalue weighted by Crippen LogP contribution is 2.19. The standard InChI is InChI=1S/C11H19N3OS/c1-7(2)9-11(15)13-10(12-9)8-6-16-5-4-14(8)3/h7-9H,4-6H2,1-3H3,(H,12,13,15). The van der Waals surface area contributed by atoms with Gasteiger partial charge in [0.25, 0.3) is 0 Å². The van der Waals surface area contributed by atoms with Gasteiger partial charge in [-0.05, 0) is 13.0 Å². The lowest BCUT2D eigenvalue weighted by Gasteiger charge is -2.31. The van der Waals surface area contributed by atoms with Crippen LogP contribution in [0.3, 0.4) is 0 Å². The first kappa shape index (κ1) is 11.9. The second-order valence-corrected chi connectivity index (χ2v) is 5.91. The van der Waals surface area contributed by atoms with Crippen LogP contribution in [0.1, 0.15) is 13.8 Å². The molecule has 0 spiro atoms. The maximum absolute atomic E-state index is 11.7. The van der Waals surface area contributed by atoms with E-state index in [9.17, 15) is 4.79 Å². The molecule has 90 valence electrons. The average Bonchev–Trinajstić information content (AvgIpc) is 2.61. The molecule has 1 fully saturated rings. The van der Waals surface area contributed by atoms with Crippen molar-refractivity contribution in [2.24, 2.45) is 10.9 Å². The first-order chi connectivity index (χ1) is 7.59. The summed E-state index contributed by atoms with van der Waals surface area (Å²) >= 11 is 1.93. The number of hydrogen-bond acceptors (Lipinski definition) is 4. The van der Waals surface area contributed by atoms with Gasteiger partial charge < -0.3 is 5.32 Å². The summed E-state index contributed by atoms with van der Waals surface area (Å²) in [7, 11) is 2.10. The molecular weight excluding hydrogens is 222 g/mol. The molecule has 2 rings (SSSR count). The minimum atomic E-state index is -0.185. The number of carbonyl (C=O) groups is 1. The summed E-state index contributed by atoms with van der Waals surface area (Å²) in [5.74, 6) is 3.41. The summed E-state index contributed by atoms with van der Waals surface area (Å²) in [4.78, 5) is 18.5. The number of hydrogen-bond donors (Lipinski definition) is 1. The van der Waals surface area contributed by atoms with E-state index in [-0.39, 0.29) is 23.9 Å². The van der Waals surface area contributed by atoms with Crippen molar-refractivity contribution in [1.29, 1.82) is 0 Å². The first-order valence-electron chi connectivity index (χ1n) is 5.76. The van der Waals surface area contributed by atoms with Gasteiger partial charge in [-0.2, -0.15) is 11.8 Å². The first-order valence-corrected chi connectivity index (χ1v) is 6.91. The molecule has 0 aromatic heterocycles. The Morgan fingerprint density at radius 1 is 1.56 bits per heavy atom. The molecule has 2 aliphatic heterocycles. The Balaban J connectivity index is 2.10. The van der Waals surface area contributed by atoms with Crippen LogP contribution in [0.15, 0.2) is 4.99 Å². The monoisotopic (exact) mass is 241 g/mol. The molecule has 0 aromatic carbocycles. The third-order valence-electron chi connectivity index (χ3n) is 3.14. The molecule has 4 nitrogen and oxygen atoms in total. The molecule has 0 radical (unpaired) electrons. The quantitative estimate of drug-likeness (QED) is 0.769. The predicted molar refractivity (Wildman–Crippen MR) is 67.9 cm³/mol. The van der Waals surface area contributed by atoms with E-state index in [1.54, 1.807) is 0 Å². The van der Waals surface area contributed by atoms with Gasteiger partial charge in [-0.25, -0.2) is 0 Å². The minimum Gasteiger partial charge on any atom is -0.311 e. The predicted octanol–water partition coefficient (Wildman–Crippen LogP) is 0.587. The Morgan fingerprint density at radius 3 is 2.88 bits per heavy atom. The van der Waals surface area contributed by atoms with Gasteiger partial charge in [-0.15, -0.1) is 0 Å². The van der Waals surface area contributed by atoms with Gasteiger partial charge in [-0.3, -0.25) is 14.7 Å². The van der Waals surface area contributed by atoms with Crippen molar-refractivity contribution in [3.05, 3.63) is 0 Å². The van der Waals surface area contributed by atoms with E-state index in [1.165, 1.54) is 5.75 Å². The van der Waals surface area contributed by atoms with Crippen LogP contribution in [0.2, 0.25) is 0 Å². The number of thioether (sulfide) groups is 1. The number of nitrogens with one attached hydrogen (secondary N) is 1. The van der Waals surface area contributed by atoms with Crippen molar-refractivity contribution in [1.82, 2.24) is 10.2 Å². The van der Waals surface area contributed by atoms with Crippen LogP contribution in [0.4, 0.5) is 0 Å². The van der Waals surface area contributed by atoms with Crippen LogP contribution >= 0.6 is 11.8 Å². The van der Waals surface area contributed by atoms with E-state index in [2.05, 4.69) is 22.3 Å². The van der Waals surface area contributed by atoms with Crippen LogP contribution in [-0.4, -0.2) is 53.8 Å². The van der Waals surface area contributed by atoms with E-state index in [4.69, 9.17) is 0 Å². The summed E-state index contributed by atoms with van der Waals surface area (Å²) in [5, 5.41) is 2.94. The van der Waals surface area contributed by atoms with Crippen molar-refractivity contribution in [2.75, 3.05) is 25.1 Å². The Hall–Kier alpha value is -0.550. The highest BCUT2D eigenvalue weighted by molar-refractivity contribution is 7.99. The van der Waals surface area contributed by atoms with E-state index >= 15 is 0 Å². The molecule has 0 aliphatic carbocycles. The highest BCUT2D eigenvalue weighted by Gasteiger charge is 2.34. The van der Waals surface area contributed by atoms with Crippen molar-refractivity contribution < 1.29 is 4.79 Å². The summed E-state index contributed by atoms with van der Waals surface area (Å²) < 4.78 is 0. The SMILES string of the molecule is CC(C)C1N=C(C2CSCCN2C)NC1=O. The maximum atomic E-state index is 11.7. The lowest BCUT2D eigenvalue weighted by Crippen LogP contribution is -2.49. The van der Waals surface area contributed by atoms with Crippen molar-refractivity contribution in [3.63, 3.8) is 0 Å².